The molecule has 0 radical (unpaired) electrons. The molecule has 17 heavy (non-hydrogen) atoms. The monoisotopic (exact) mass is 231 g/mol. The van der Waals surface area contributed by atoms with Crippen molar-refractivity contribution in [3.8, 4) is 0 Å². The van der Waals surface area contributed by atoms with Crippen molar-refractivity contribution in [3.05, 3.63) is 30.1 Å². The van der Waals surface area contributed by atoms with Gasteiger partial charge in [-0.05, 0) is 31.6 Å². The maximum Gasteiger partial charge on any atom is 0.224 e. The fourth-order valence-electron chi connectivity index (χ4n) is 2.98. The Hall–Kier alpha value is -1.58. The quantitative estimate of drug-likeness (QED) is 0.779. The molecule has 1 heterocycles. The zero-order chi connectivity index (χ0) is 11.8. The highest BCUT2D eigenvalue weighted by molar-refractivity contribution is 5.80. The number of fused-ring (bicyclic) bond motifs is 2. The standard InChI is InChI=1S/C13H17N3O/c1-8(11-6-14-15-7-11)16-13(17)12-5-9-2-3-10(12)4-9/h2-3,6-10,12H,4-5H2,1H3,(H,14,15)(H,16,17). The van der Waals surface area contributed by atoms with Crippen LogP contribution in [0.4, 0.5) is 0 Å². The third-order valence-corrected chi connectivity index (χ3v) is 3.99. The lowest BCUT2D eigenvalue weighted by Gasteiger charge is -2.20. The Kier molecular flexibility index (Phi) is 2.50. The first-order valence-corrected chi connectivity index (χ1v) is 6.21. The molecular formula is C13H17N3O. The van der Waals surface area contributed by atoms with Gasteiger partial charge < -0.3 is 5.32 Å². The molecule has 2 aliphatic rings. The molecule has 1 amide bonds. The fraction of sp³-hybridized carbons (Fsp3) is 0.538. The summed E-state index contributed by atoms with van der Waals surface area (Å²) >= 11 is 0. The van der Waals surface area contributed by atoms with Gasteiger partial charge in [0.25, 0.3) is 0 Å². The number of rotatable bonds is 3. The van der Waals surface area contributed by atoms with E-state index in [2.05, 4.69) is 27.7 Å². The lowest BCUT2D eigenvalue weighted by molar-refractivity contribution is -0.126. The molecule has 1 saturated carbocycles. The second kappa shape index (κ2) is 4.02. The Labute approximate surface area is 100 Å². The first kappa shape index (κ1) is 10.6. The van der Waals surface area contributed by atoms with Gasteiger partial charge in [0.1, 0.15) is 0 Å². The Morgan fingerprint density at radius 1 is 1.53 bits per heavy atom. The average molecular weight is 231 g/mol. The Bertz CT molecular complexity index is 438. The van der Waals surface area contributed by atoms with Crippen LogP contribution in [0.25, 0.3) is 0 Å². The van der Waals surface area contributed by atoms with E-state index in [0.29, 0.717) is 11.8 Å². The SMILES string of the molecule is CC(NC(=O)C1CC2C=CC1C2)c1cn[nH]c1. The van der Waals surface area contributed by atoms with Crippen molar-refractivity contribution in [1.82, 2.24) is 15.5 Å². The van der Waals surface area contributed by atoms with Gasteiger partial charge in [0.05, 0.1) is 12.2 Å². The van der Waals surface area contributed by atoms with Crippen LogP contribution in [-0.2, 0) is 4.79 Å². The normalized spacial score (nSPS) is 31.7. The minimum absolute atomic E-state index is 0.0318. The van der Waals surface area contributed by atoms with E-state index >= 15 is 0 Å². The number of aromatic amines is 1. The largest absolute Gasteiger partial charge is 0.349 e. The van der Waals surface area contributed by atoms with E-state index in [1.807, 2.05) is 13.1 Å². The maximum absolute atomic E-state index is 12.2. The second-order valence-electron chi connectivity index (χ2n) is 5.15. The van der Waals surface area contributed by atoms with E-state index in [9.17, 15) is 4.79 Å². The molecule has 2 aliphatic carbocycles. The van der Waals surface area contributed by atoms with Gasteiger partial charge in [-0.1, -0.05) is 12.2 Å². The molecule has 0 aliphatic heterocycles. The van der Waals surface area contributed by atoms with Gasteiger partial charge in [0.15, 0.2) is 0 Å². The summed E-state index contributed by atoms with van der Waals surface area (Å²) in [6, 6.07) is 0.0318. The van der Waals surface area contributed by atoms with Gasteiger partial charge in [-0.15, -0.1) is 0 Å². The van der Waals surface area contributed by atoms with Crippen LogP contribution in [0.5, 0.6) is 0 Å². The highest BCUT2D eigenvalue weighted by Crippen LogP contribution is 2.43. The van der Waals surface area contributed by atoms with Crippen molar-refractivity contribution in [2.45, 2.75) is 25.8 Å². The van der Waals surface area contributed by atoms with Crippen LogP contribution in [-0.4, -0.2) is 16.1 Å². The Balaban J connectivity index is 1.62. The van der Waals surface area contributed by atoms with Gasteiger partial charge in [-0.2, -0.15) is 5.10 Å². The van der Waals surface area contributed by atoms with Crippen molar-refractivity contribution < 1.29 is 4.79 Å². The van der Waals surface area contributed by atoms with Crippen molar-refractivity contribution in [3.63, 3.8) is 0 Å². The lowest BCUT2D eigenvalue weighted by Crippen LogP contribution is -2.34. The Morgan fingerprint density at radius 2 is 2.41 bits per heavy atom. The molecule has 1 fully saturated rings. The minimum atomic E-state index is 0.0318. The van der Waals surface area contributed by atoms with E-state index in [1.165, 1.54) is 0 Å². The summed E-state index contributed by atoms with van der Waals surface area (Å²) in [6.07, 6.45) is 10.2. The number of amides is 1. The molecule has 0 aromatic carbocycles. The van der Waals surface area contributed by atoms with Gasteiger partial charge in [-0.3, -0.25) is 9.89 Å². The molecule has 1 aromatic heterocycles. The van der Waals surface area contributed by atoms with Crippen molar-refractivity contribution in [2.24, 2.45) is 17.8 Å². The van der Waals surface area contributed by atoms with Gasteiger partial charge >= 0.3 is 0 Å². The second-order valence-corrected chi connectivity index (χ2v) is 5.15. The number of hydrogen-bond acceptors (Lipinski definition) is 2. The molecule has 1 aromatic rings. The number of carbonyl (C=O) groups excluding carboxylic acids is 1. The van der Waals surface area contributed by atoms with Crippen LogP contribution in [0, 0.1) is 17.8 Å². The fourth-order valence-corrected chi connectivity index (χ4v) is 2.98. The van der Waals surface area contributed by atoms with Crippen LogP contribution < -0.4 is 5.32 Å². The summed E-state index contributed by atoms with van der Waals surface area (Å²) in [5, 5.41) is 9.74. The van der Waals surface area contributed by atoms with Crippen LogP contribution in [0.15, 0.2) is 24.5 Å². The van der Waals surface area contributed by atoms with Crippen molar-refractivity contribution >= 4 is 5.91 Å². The third-order valence-electron chi connectivity index (χ3n) is 3.99. The van der Waals surface area contributed by atoms with Gasteiger partial charge in [0, 0.05) is 17.7 Å². The maximum atomic E-state index is 12.2. The molecule has 3 rings (SSSR count). The smallest absolute Gasteiger partial charge is 0.224 e. The molecule has 4 unspecified atom stereocenters. The minimum Gasteiger partial charge on any atom is -0.349 e. The van der Waals surface area contributed by atoms with Crippen LogP contribution in [0.1, 0.15) is 31.4 Å². The van der Waals surface area contributed by atoms with E-state index in [4.69, 9.17) is 0 Å². The first-order valence-electron chi connectivity index (χ1n) is 6.21. The summed E-state index contributed by atoms with van der Waals surface area (Å²) < 4.78 is 0. The molecule has 0 spiro atoms. The molecule has 0 saturated heterocycles. The highest BCUT2D eigenvalue weighted by Gasteiger charge is 2.39. The number of nitrogens with zero attached hydrogens (tertiary/aromatic N) is 1. The summed E-state index contributed by atoms with van der Waals surface area (Å²) in [6.45, 7) is 1.99. The van der Waals surface area contributed by atoms with Crippen LogP contribution >= 0.6 is 0 Å². The van der Waals surface area contributed by atoms with Crippen LogP contribution in [0.3, 0.4) is 0 Å². The number of H-pyrrole nitrogens is 1. The lowest BCUT2D eigenvalue weighted by atomic mass is 9.92. The molecule has 4 heteroatoms. The molecular weight excluding hydrogens is 214 g/mol. The van der Waals surface area contributed by atoms with Gasteiger partial charge in [0.2, 0.25) is 5.91 Å². The van der Waals surface area contributed by atoms with Gasteiger partial charge in [-0.25, -0.2) is 0 Å². The summed E-state index contributed by atoms with van der Waals surface area (Å²) in [5.74, 6) is 1.48. The zero-order valence-electron chi connectivity index (χ0n) is 9.89. The van der Waals surface area contributed by atoms with E-state index in [0.717, 1.165) is 18.4 Å². The third kappa shape index (κ3) is 1.88. The zero-order valence-corrected chi connectivity index (χ0v) is 9.89. The van der Waals surface area contributed by atoms with E-state index in [1.54, 1.807) is 6.20 Å². The van der Waals surface area contributed by atoms with Crippen LogP contribution in [0.2, 0.25) is 0 Å². The number of aromatic nitrogens is 2. The van der Waals surface area contributed by atoms with E-state index in [-0.39, 0.29) is 17.9 Å². The predicted octanol–water partition coefficient (Wildman–Crippen LogP) is 1.80. The number of carbonyl (C=O) groups is 1. The van der Waals surface area contributed by atoms with E-state index < -0.39 is 0 Å². The average Bonchev–Trinajstić information content (AvgIpc) is 3.05. The highest BCUT2D eigenvalue weighted by atomic mass is 16.2. The van der Waals surface area contributed by atoms with Crippen molar-refractivity contribution in [2.75, 3.05) is 0 Å². The molecule has 2 bridgehead atoms. The molecule has 90 valence electrons. The first-order chi connectivity index (χ1) is 8.24. The van der Waals surface area contributed by atoms with Crippen molar-refractivity contribution in [1.29, 1.82) is 0 Å². The predicted molar refractivity (Wildman–Crippen MR) is 64.0 cm³/mol. The molecule has 4 nitrogen and oxygen atoms in total. The molecule has 2 N–H and O–H groups in total. The summed E-state index contributed by atoms with van der Waals surface area (Å²) in [4.78, 5) is 12.2. The summed E-state index contributed by atoms with van der Waals surface area (Å²) in [7, 11) is 0. The number of nitrogens with one attached hydrogen (secondary N) is 2. The topological polar surface area (TPSA) is 57.8 Å². The molecule has 4 atom stereocenters. The Morgan fingerprint density at radius 3 is 3.00 bits per heavy atom. The summed E-state index contributed by atoms with van der Waals surface area (Å²) in [5.41, 5.74) is 1.03. The number of hydrogen-bond donors (Lipinski definition) is 2. The number of allylic oxidation sites excluding steroid dienone is 2.